The molecular weight excluding hydrogens is 473 g/mol. The molecule has 0 aliphatic carbocycles. The Morgan fingerprint density at radius 2 is 1.97 bits per heavy atom. The number of hydrogen-bond donors (Lipinski definition) is 1. The first-order valence-electron chi connectivity index (χ1n) is 12.0. The molecule has 1 aromatic carbocycles. The van der Waals surface area contributed by atoms with Crippen molar-refractivity contribution in [2.24, 2.45) is 5.73 Å². The molecule has 1 amide bonds. The van der Waals surface area contributed by atoms with Gasteiger partial charge < -0.3 is 20.3 Å². The number of halogens is 1. The van der Waals surface area contributed by atoms with Crippen molar-refractivity contribution in [3.05, 3.63) is 84.5 Å². The van der Waals surface area contributed by atoms with Gasteiger partial charge in [0.1, 0.15) is 18.7 Å². The molecule has 0 saturated carbocycles. The fraction of sp³-hybridized carbons (Fsp3) is 0.321. The maximum Gasteiger partial charge on any atom is 0.268 e. The SMILES string of the molecule is C/C=C1\CN(CC)c2ncc(CCOc3cc[n+](OC)c4ccccc34)cc2C(=O)N1C.C=CN.CF. The summed E-state index contributed by atoms with van der Waals surface area (Å²) in [5, 5.41) is 0.978. The number of alkyl halides is 1. The van der Waals surface area contributed by atoms with Gasteiger partial charge in [-0.25, -0.2) is 4.98 Å². The smallest absolute Gasteiger partial charge is 0.268 e. The maximum atomic E-state index is 13.1. The number of pyridine rings is 2. The summed E-state index contributed by atoms with van der Waals surface area (Å²) in [5.41, 5.74) is 8.13. The molecule has 2 N–H and O–H groups in total. The second-order valence-corrected chi connectivity index (χ2v) is 7.91. The number of carbonyl (C=O) groups is 1. The van der Waals surface area contributed by atoms with Gasteiger partial charge in [-0.2, -0.15) is 0 Å². The Hall–Kier alpha value is -4.14. The van der Waals surface area contributed by atoms with Crippen molar-refractivity contribution in [2.45, 2.75) is 20.3 Å². The van der Waals surface area contributed by atoms with E-state index in [9.17, 15) is 9.18 Å². The number of hydrogen-bond acceptors (Lipinski definition) is 6. The van der Waals surface area contributed by atoms with Crippen LogP contribution in [0.2, 0.25) is 0 Å². The molecule has 0 saturated heterocycles. The van der Waals surface area contributed by atoms with Gasteiger partial charge in [-0.05, 0) is 37.7 Å². The highest BCUT2D eigenvalue weighted by atomic mass is 19.1. The Bertz CT molecular complexity index is 1230. The van der Waals surface area contributed by atoms with E-state index in [1.54, 1.807) is 16.7 Å². The van der Waals surface area contributed by atoms with Crippen molar-refractivity contribution >= 4 is 22.6 Å². The number of para-hydroxylation sites is 1. The number of benzene rings is 1. The summed E-state index contributed by atoms with van der Waals surface area (Å²) in [6.07, 6.45) is 7.57. The van der Waals surface area contributed by atoms with E-state index in [0.717, 1.165) is 40.3 Å². The monoisotopic (exact) mass is 510 g/mol. The molecule has 0 fully saturated rings. The summed E-state index contributed by atoms with van der Waals surface area (Å²) in [6, 6.07) is 11.8. The minimum Gasteiger partial charge on any atom is -0.492 e. The van der Waals surface area contributed by atoms with E-state index >= 15 is 0 Å². The molecule has 1 aliphatic heterocycles. The number of allylic oxidation sites excluding steroid dienone is 1. The van der Waals surface area contributed by atoms with E-state index in [0.29, 0.717) is 32.3 Å². The molecule has 3 heterocycles. The molecule has 3 aromatic rings. The Morgan fingerprint density at radius 1 is 1.27 bits per heavy atom. The normalized spacial score (nSPS) is 13.6. The molecule has 0 bridgehead atoms. The van der Waals surface area contributed by atoms with Crippen LogP contribution in [-0.2, 0) is 6.42 Å². The molecule has 0 radical (unpaired) electrons. The molecule has 37 heavy (non-hydrogen) atoms. The van der Waals surface area contributed by atoms with Crippen LogP contribution in [0.3, 0.4) is 0 Å². The standard InChI is InChI=1S/C25H29N4O3.C2H5N.CH3F/c1-5-19-17-28(6-2)24-21(25(30)27(19)3)15-18(16-26-24)12-14-32-23-11-13-29(31-4)22-10-8-7-9-20(22)23;1-2-3;1-2/h5,7-11,13,15-16H,6,12,14,17H2,1-4H3;2H,1,3H2;1H3/q+1;;/b19-5+;;. The third-order valence-electron chi connectivity index (χ3n) is 5.87. The fourth-order valence-corrected chi connectivity index (χ4v) is 4.02. The molecule has 0 unspecified atom stereocenters. The minimum absolute atomic E-state index is 0.0301. The second kappa shape index (κ2) is 14.4. The van der Waals surface area contributed by atoms with Crippen LogP contribution >= 0.6 is 0 Å². The van der Waals surface area contributed by atoms with Gasteiger partial charge in [-0.3, -0.25) is 14.0 Å². The van der Waals surface area contributed by atoms with E-state index in [4.69, 9.17) is 9.57 Å². The number of amides is 1. The molecule has 4 rings (SSSR count). The number of aromatic nitrogens is 2. The Labute approximate surface area is 218 Å². The van der Waals surface area contributed by atoms with Gasteiger partial charge in [0.05, 0.1) is 31.3 Å². The molecule has 8 nitrogen and oxygen atoms in total. The van der Waals surface area contributed by atoms with Crippen LogP contribution in [-0.4, -0.2) is 56.8 Å². The summed E-state index contributed by atoms with van der Waals surface area (Å²) in [4.78, 5) is 27.0. The van der Waals surface area contributed by atoms with Gasteiger partial charge in [0, 0.05) is 48.8 Å². The topological polar surface area (TPSA) is 84.8 Å². The quantitative estimate of drug-likeness (QED) is 0.509. The zero-order chi connectivity index (χ0) is 27.4. The van der Waals surface area contributed by atoms with Crippen LogP contribution < -0.4 is 24.9 Å². The minimum atomic E-state index is -0.0301. The fourth-order valence-electron chi connectivity index (χ4n) is 4.02. The first-order chi connectivity index (χ1) is 18.0. The Kier molecular flexibility index (Phi) is 11.3. The van der Waals surface area contributed by atoms with Crippen molar-refractivity contribution in [1.82, 2.24) is 9.88 Å². The third-order valence-corrected chi connectivity index (χ3v) is 5.87. The van der Waals surface area contributed by atoms with Gasteiger partial charge in [0.2, 0.25) is 6.20 Å². The molecule has 0 spiro atoms. The van der Waals surface area contributed by atoms with Crippen molar-refractivity contribution in [3.8, 4) is 5.75 Å². The van der Waals surface area contributed by atoms with E-state index in [2.05, 4.69) is 29.1 Å². The van der Waals surface area contributed by atoms with Crippen LogP contribution in [0.15, 0.2) is 73.3 Å². The van der Waals surface area contributed by atoms with E-state index in [-0.39, 0.29) is 5.91 Å². The highest BCUT2D eigenvalue weighted by Gasteiger charge is 2.28. The first-order valence-corrected chi connectivity index (χ1v) is 12.0. The van der Waals surface area contributed by atoms with Crippen LogP contribution in [0.25, 0.3) is 10.9 Å². The number of carbonyl (C=O) groups excluding carboxylic acids is 1. The molecular formula is C28H37FN5O3+. The van der Waals surface area contributed by atoms with Crippen LogP contribution in [0.1, 0.15) is 29.8 Å². The second-order valence-electron chi connectivity index (χ2n) is 7.91. The highest BCUT2D eigenvalue weighted by molar-refractivity contribution is 6.00. The predicted octanol–water partition coefficient (Wildman–Crippen LogP) is 3.69. The number of ether oxygens (including phenoxy) is 1. The van der Waals surface area contributed by atoms with Crippen LogP contribution in [0.5, 0.6) is 5.75 Å². The predicted molar refractivity (Wildman–Crippen MR) is 145 cm³/mol. The van der Waals surface area contributed by atoms with Crippen molar-refractivity contribution in [3.63, 3.8) is 0 Å². The highest BCUT2D eigenvalue weighted by Crippen LogP contribution is 2.27. The number of anilines is 1. The van der Waals surface area contributed by atoms with Gasteiger partial charge in [-0.15, -0.1) is 0 Å². The third kappa shape index (κ3) is 6.75. The van der Waals surface area contributed by atoms with Gasteiger partial charge in [0.25, 0.3) is 11.4 Å². The lowest BCUT2D eigenvalue weighted by Gasteiger charge is -2.23. The number of nitrogens with zero attached hydrogens (tertiary/aromatic N) is 4. The van der Waals surface area contributed by atoms with E-state index in [1.807, 2.05) is 68.8 Å². The Balaban J connectivity index is 0.000000898. The van der Waals surface area contributed by atoms with Crippen molar-refractivity contribution < 1.29 is 23.5 Å². The summed E-state index contributed by atoms with van der Waals surface area (Å²) in [5.74, 6) is 1.50. The van der Waals surface area contributed by atoms with Crippen LogP contribution in [0, 0.1) is 0 Å². The lowest BCUT2D eigenvalue weighted by atomic mass is 10.1. The maximum absolute atomic E-state index is 13.1. The zero-order valence-corrected chi connectivity index (χ0v) is 22.3. The lowest BCUT2D eigenvalue weighted by molar-refractivity contribution is -0.865. The molecule has 9 heteroatoms. The molecule has 2 aromatic heterocycles. The number of rotatable bonds is 6. The summed E-state index contributed by atoms with van der Waals surface area (Å²) in [7, 11) is 3.96. The van der Waals surface area contributed by atoms with Crippen LogP contribution in [0.4, 0.5) is 10.2 Å². The summed E-state index contributed by atoms with van der Waals surface area (Å²) >= 11 is 0. The summed E-state index contributed by atoms with van der Waals surface area (Å²) < 4.78 is 17.3. The molecule has 0 atom stereocenters. The number of likely N-dealkylation sites (N-methyl/N-ethyl adjacent to an activating group) is 2. The zero-order valence-electron chi connectivity index (χ0n) is 22.3. The van der Waals surface area contributed by atoms with Crippen molar-refractivity contribution in [2.75, 3.05) is 45.9 Å². The average Bonchev–Trinajstić information content (AvgIpc) is 3.04. The van der Waals surface area contributed by atoms with Gasteiger partial charge in [0.15, 0.2) is 0 Å². The number of nitrogens with two attached hydrogens (primary N) is 1. The lowest BCUT2D eigenvalue weighted by Crippen LogP contribution is -2.40. The van der Waals surface area contributed by atoms with Crippen molar-refractivity contribution in [1.29, 1.82) is 0 Å². The Morgan fingerprint density at radius 3 is 2.62 bits per heavy atom. The van der Waals surface area contributed by atoms with Gasteiger partial charge in [-0.1, -0.05) is 24.8 Å². The van der Waals surface area contributed by atoms with E-state index in [1.165, 1.54) is 6.20 Å². The van der Waals surface area contributed by atoms with E-state index < -0.39 is 0 Å². The average molecular weight is 511 g/mol. The molecule has 1 aliphatic rings. The largest absolute Gasteiger partial charge is 0.492 e. The molecule has 198 valence electrons. The van der Waals surface area contributed by atoms with Gasteiger partial charge >= 0.3 is 0 Å². The first kappa shape index (κ1) is 29.1. The number of fused-ring (bicyclic) bond motifs is 2. The summed E-state index contributed by atoms with van der Waals surface area (Å²) in [6.45, 7) is 9.10.